The molecule has 1 fully saturated rings. The lowest BCUT2D eigenvalue weighted by atomic mass is 10.0. The van der Waals surface area contributed by atoms with E-state index in [9.17, 15) is 18.4 Å². The van der Waals surface area contributed by atoms with E-state index in [4.69, 9.17) is 28.4 Å². The molecular weight excluding hydrogens is 616 g/mol. The number of ether oxygens (including phenoxy) is 6. The predicted molar refractivity (Wildman–Crippen MR) is 173 cm³/mol. The third-order valence-electron chi connectivity index (χ3n) is 7.56. The van der Waals surface area contributed by atoms with Crippen molar-refractivity contribution >= 4 is 15.9 Å². The lowest BCUT2D eigenvalue weighted by molar-refractivity contribution is -0.0438. The molecule has 13 heteroatoms. The first-order valence-electron chi connectivity index (χ1n) is 16.0. The molecule has 258 valence electrons. The van der Waals surface area contributed by atoms with Gasteiger partial charge < -0.3 is 33.7 Å². The summed E-state index contributed by atoms with van der Waals surface area (Å²) >= 11 is 0. The number of nitrogens with zero attached hydrogens (tertiary/aromatic N) is 1. The number of unbranched alkanes of at least 4 members (excludes halogenated alkanes) is 1. The molecule has 12 nitrogen and oxygen atoms in total. The third kappa shape index (κ3) is 9.55. The van der Waals surface area contributed by atoms with E-state index >= 15 is 0 Å². The van der Waals surface area contributed by atoms with Gasteiger partial charge in [0.2, 0.25) is 5.75 Å². The van der Waals surface area contributed by atoms with Crippen molar-refractivity contribution in [1.29, 1.82) is 0 Å². The van der Waals surface area contributed by atoms with Crippen LogP contribution in [-0.2, 0) is 14.6 Å². The number of methoxy groups -OCH3 is 3. The second kappa shape index (κ2) is 18.1. The third-order valence-corrected chi connectivity index (χ3v) is 9.48. The zero-order chi connectivity index (χ0) is 33.7. The van der Waals surface area contributed by atoms with Gasteiger partial charge in [0.15, 0.2) is 32.8 Å². The summed E-state index contributed by atoms with van der Waals surface area (Å²) in [4.78, 5) is 12.2. The Bertz CT molecular complexity index is 1360. The summed E-state index contributed by atoms with van der Waals surface area (Å²) in [5.74, 6) is 1.98. The predicted octanol–water partition coefficient (Wildman–Crippen LogP) is 6.25. The van der Waals surface area contributed by atoms with E-state index < -0.39 is 22.0 Å². The van der Waals surface area contributed by atoms with Crippen molar-refractivity contribution in [3.63, 3.8) is 0 Å². The Kier molecular flexibility index (Phi) is 14.5. The van der Waals surface area contributed by atoms with Gasteiger partial charge in [-0.05, 0) is 73.9 Å². The van der Waals surface area contributed by atoms with Gasteiger partial charge in [0, 0.05) is 6.54 Å². The molecule has 46 heavy (non-hydrogen) atoms. The molecule has 0 spiro atoms. The molecule has 0 aliphatic carbocycles. The van der Waals surface area contributed by atoms with Crippen LogP contribution in [0.2, 0.25) is 0 Å². The average Bonchev–Trinajstić information content (AvgIpc) is 3.55. The summed E-state index contributed by atoms with van der Waals surface area (Å²) in [5, 5.41) is 13.2. The van der Waals surface area contributed by atoms with E-state index in [1.165, 1.54) is 0 Å². The van der Waals surface area contributed by atoms with Crippen LogP contribution >= 0.6 is 0 Å². The Balaban J connectivity index is 1.88. The van der Waals surface area contributed by atoms with E-state index in [0.29, 0.717) is 78.8 Å². The van der Waals surface area contributed by atoms with Gasteiger partial charge in [0.1, 0.15) is 4.90 Å². The molecule has 1 saturated heterocycles. The largest absolute Gasteiger partial charge is 0.493 e. The van der Waals surface area contributed by atoms with E-state index in [1.54, 1.807) is 33.5 Å². The van der Waals surface area contributed by atoms with Gasteiger partial charge >= 0.3 is 6.03 Å². The van der Waals surface area contributed by atoms with Gasteiger partial charge in [-0.15, -0.1) is 0 Å². The topological polar surface area (TPSA) is 142 Å². The van der Waals surface area contributed by atoms with Crippen LogP contribution in [0.3, 0.4) is 0 Å². The lowest BCUT2D eigenvalue weighted by Crippen LogP contribution is -2.38. The first-order chi connectivity index (χ1) is 22.1. The van der Waals surface area contributed by atoms with Crippen molar-refractivity contribution in [3.05, 3.63) is 35.4 Å². The number of benzene rings is 2. The van der Waals surface area contributed by atoms with Crippen molar-refractivity contribution in [1.82, 2.24) is 10.4 Å². The minimum absolute atomic E-state index is 0.0420. The Morgan fingerprint density at radius 3 is 2.04 bits per heavy atom. The molecule has 0 unspecified atom stereocenters. The van der Waals surface area contributed by atoms with Crippen LogP contribution in [0.4, 0.5) is 4.79 Å². The van der Waals surface area contributed by atoms with Gasteiger partial charge in [-0.25, -0.2) is 18.3 Å². The molecule has 3 rings (SSSR count). The maximum absolute atomic E-state index is 13.5. The smallest absolute Gasteiger partial charge is 0.341 e. The highest BCUT2D eigenvalue weighted by atomic mass is 32.2. The van der Waals surface area contributed by atoms with Gasteiger partial charge in [-0.2, -0.15) is 0 Å². The van der Waals surface area contributed by atoms with Crippen LogP contribution in [-0.4, -0.2) is 78.1 Å². The molecule has 2 N–H and O–H groups in total. The SMILES string of the molecule is CCCCN(O)C(=O)NCCCOc1cc([C@@H]2CC[C@@H](c3cc(OC)c(OC)c(OC)c3)O2)cc(S(=O)(=O)CCC)c1OCCC. The minimum atomic E-state index is -3.70. The van der Waals surface area contributed by atoms with Gasteiger partial charge in [-0.1, -0.05) is 27.2 Å². The first kappa shape index (κ1) is 37.0. The number of hydrogen-bond acceptors (Lipinski definition) is 10. The molecule has 2 atom stereocenters. The maximum atomic E-state index is 13.5. The lowest BCUT2D eigenvalue weighted by Gasteiger charge is -2.21. The number of rotatable bonds is 19. The number of hydrogen-bond donors (Lipinski definition) is 2. The number of carbonyl (C=O) groups excluding carboxylic acids is 1. The fourth-order valence-electron chi connectivity index (χ4n) is 5.21. The second-order valence-electron chi connectivity index (χ2n) is 11.1. The highest BCUT2D eigenvalue weighted by molar-refractivity contribution is 7.91. The number of carbonyl (C=O) groups is 1. The Hall–Kier alpha value is -3.42. The highest BCUT2D eigenvalue weighted by Crippen LogP contribution is 2.48. The molecule has 0 saturated carbocycles. The van der Waals surface area contributed by atoms with Crippen molar-refractivity contribution < 1.29 is 46.8 Å². The van der Waals surface area contributed by atoms with Crippen LogP contribution < -0.4 is 29.0 Å². The van der Waals surface area contributed by atoms with E-state index in [-0.39, 0.29) is 42.2 Å². The maximum Gasteiger partial charge on any atom is 0.341 e. The summed E-state index contributed by atoms with van der Waals surface area (Å²) < 4.78 is 62.2. The van der Waals surface area contributed by atoms with Gasteiger partial charge in [-0.3, -0.25) is 5.21 Å². The fourth-order valence-corrected chi connectivity index (χ4v) is 6.73. The molecule has 2 amide bonds. The zero-order valence-corrected chi connectivity index (χ0v) is 28.7. The van der Waals surface area contributed by atoms with Crippen LogP contribution in [0.5, 0.6) is 28.7 Å². The van der Waals surface area contributed by atoms with Crippen LogP contribution in [0, 0.1) is 0 Å². The molecule has 0 bridgehead atoms. The first-order valence-corrected chi connectivity index (χ1v) is 17.6. The van der Waals surface area contributed by atoms with Gasteiger partial charge in [0.25, 0.3) is 0 Å². The molecule has 0 radical (unpaired) electrons. The Labute approximate surface area is 273 Å². The standard InChI is InChI=1S/C33H50N2O10S/c1-7-10-15-35(37)33(36)34-14-11-17-43-29-21-24(22-30(32(29)44-16-8-2)46(38,39)18-9-3)26-13-12-25(45-26)23-19-27(40-4)31(42-6)28(20-23)41-5/h19-22,25-26,37H,7-18H2,1-6H3,(H,34,36)/t25-,26-/m0/s1. The summed E-state index contributed by atoms with van der Waals surface area (Å²) in [6.45, 7) is 6.74. The number of amides is 2. The summed E-state index contributed by atoms with van der Waals surface area (Å²) in [7, 11) is 0.969. The molecule has 1 aliphatic rings. The quantitative estimate of drug-likeness (QED) is 0.100. The summed E-state index contributed by atoms with van der Waals surface area (Å²) in [6.07, 6.45) is 3.73. The van der Waals surface area contributed by atoms with Crippen molar-refractivity contribution in [2.24, 2.45) is 0 Å². The van der Waals surface area contributed by atoms with Crippen LogP contribution in [0.25, 0.3) is 0 Å². The number of urea groups is 1. The molecule has 1 aliphatic heterocycles. The van der Waals surface area contributed by atoms with E-state index in [2.05, 4.69) is 5.32 Å². The minimum Gasteiger partial charge on any atom is -0.493 e. The number of nitrogens with one attached hydrogen (secondary N) is 1. The zero-order valence-electron chi connectivity index (χ0n) is 27.9. The van der Waals surface area contributed by atoms with Crippen molar-refractivity contribution in [2.45, 2.75) is 82.8 Å². The van der Waals surface area contributed by atoms with Crippen LogP contribution in [0.15, 0.2) is 29.2 Å². The molecule has 2 aromatic rings. The Morgan fingerprint density at radius 1 is 0.848 bits per heavy atom. The average molecular weight is 667 g/mol. The Morgan fingerprint density at radius 2 is 1.48 bits per heavy atom. The normalized spacial score (nSPS) is 16.2. The summed E-state index contributed by atoms with van der Waals surface area (Å²) in [5.41, 5.74) is 1.53. The summed E-state index contributed by atoms with van der Waals surface area (Å²) in [6, 6.07) is 6.59. The molecule has 1 heterocycles. The second-order valence-corrected chi connectivity index (χ2v) is 13.2. The highest BCUT2D eigenvalue weighted by Gasteiger charge is 2.33. The van der Waals surface area contributed by atoms with E-state index in [1.807, 2.05) is 32.9 Å². The van der Waals surface area contributed by atoms with Crippen molar-refractivity contribution in [3.8, 4) is 28.7 Å². The number of hydroxylamine groups is 2. The van der Waals surface area contributed by atoms with E-state index in [0.717, 1.165) is 12.0 Å². The fraction of sp³-hybridized carbons (Fsp3) is 0.606. The van der Waals surface area contributed by atoms with Gasteiger partial charge in [0.05, 0.1) is 59.0 Å². The van der Waals surface area contributed by atoms with Crippen LogP contribution in [0.1, 0.15) is 89.1 Å². The monoisotopic (exact) mass is 666 g/mol. The molecular formula is C33H50N2O10S. The molecule has 2 aromatic carbocycles. The number of sulfone groups is 1. The molecule has 0 aromatic heterocycles. The van der Waals surface area contributed by atoms with Crippen molar-refractivity contribution in [2.75, 3.05) is 53.4 Å².